The number of hydrogen-bond acceptors (Lipinski definition) is 2. The number of nitrogens with zero attached hydrogens (tertiary/aromatic N) is 1. The van der Waals surface area contributed by atoms with Gasteiger partial charge in [-0.1, -0.05) is 19.8 Å². The maximum absolute atomic E-state index is 12.1. The monoisotopic (exact) mass is 250 g/mol. The lowest BCUT2D eigenvalue weighted by Crippen LogP contribution is -2.47. The Morgan fingerprint density at radius 1 is 1.39 bits per heavy atom. The lowest BCUT2D eigenvalue weighted by Gasteiger charge is -2.37. The van der Waals surface area contributed by atoms with E-state index in [2.05, 4.69) is 24.1 Å². The number of fused-ring (bicyclic) bond motifs is 2. The normalized spacial score (nSPS) is 40.8. The molecular weight excluding hydrogens is 224 g/mol. The third-order valence-corrected chi connectivity index (χ3v) is 5.53. The standard InChI is InChI=1S/C15H26N2O/c1-3-4-14-16-9-15(18)17(14)10(2)13-8-11-5-6-12(13)7-11/h10-14,16H,3-9H2,1-2H3. The lowest BCUT2D eigenvalue weighted by atomic mass is 9.83. The van der Waals surface area contributed by atoms with Crippen molar-refractivity contribution in [2.45, 2.75) is 64.6 Å². The van der Waals surface area contributed by atoms with Crippen molar-refractivity contribution in [1.82, 2.24) is 10.2 Å². The zero-order chi connectivity index (χ0) is 12.7. The number of amides is 1. The number of rotatable bonds is 4. The summed E-state index contributed by atoms with van der Waals surface area (Å²) in [5, 5.41) is 3.38. The quantitative estimate of drug-likeness (QED) is 0.831. The molecule has 1 heterocycles. The van der Waals surface area contributed by atoms with Crippen molar-refractivity contribution in [3.05, 3.63) is 0 Å². The van der Waals surface area contributed by atoms with Gasteiger partial charge in [-0.15, -0.1) is 0 Å². The summed E-state index contributed by atoms with van der Waals surface area (Å²) in [6, 6.07) is 0.444. The Morgan fingerprint density at radius 2 is 2.22 bits per heavy atom. The second-order valence-corrected chi connectivity index (χ2v) is 6.57. The summed E-state index contributed by atoms with van der Waals surface area (Å²) in [7, 11) is 0. The van der Waals surface area contributed by atoms with Crippen molar-refractivity contribution in [3.8, 4) is 0 Å². The van der Waals surface area contributed by atoms with Crippen LogP contribution in [-0.2, 0) is 4.79 Å². The van der Waals surface area contributed by atoms with Crippen molar-refractivity contribution >= 4 is 5.91 Å². The van der Waals surface area contributed by atoms with Crippen LogP contribution in [-0.4, -0.2) is 29.6 Å². The summed E-state index contributed by atoms with van der Waals surface area (Å²) in [5.41, 5.74) is 0. The number of hydrogen-bond donors (Lipinski definition) is 1. The topological polar surface area (TPSA) is 32.3 Å². The highest BCUT2D eigenvalue weighted by Gasteiger charge is 2.46. The van der Waals surface area contributed by atoms with Crippen LogP contribution < -0.4 is 5.32 Å². The van der Waals surface area contributed by atoms with Gasteiger partial charge in [0.25, 0.3) is 0 Å². The van der Waals surface area contributed by atoms with Crippen LogP contribution in [0.5, 0.6) is 0 Å². The SMILES string of the molecule is CCCC1NCC(=O)N1C(C)C1CC2CCC1C2. The van der Waals surface area contributed by atoms with E-state index in [1.54, 1.807) is 0 Å². The fourth-order valence-corrected chi connectivity index (χ4v) is 4.69. The number of nitrogens with one attached hydrogen (secondary N) is 1. The van der Waals surface area contributed by atoms with Gasteiger partial charge < -0.3 is 4.90 Å². The van der Waals surface area contributed by atoms with Gasteiger partial charge in [-0.05, 0) is 50.4 Å². The molecule has 0 aromatic heterocycles. The maximum atomic E-state index is 12.1. The molecule has 2 aliphatic carbocycles. The minimum Gasteiger partial charge on any atom is -0.323 e. The van der Waals surface area contributed by atoms with E-state index in [4.69, 9.17) is 0 Å². The smallest absolute Gasteiger partial charge is 0.238 e. The van der Waals surface area contributed by atoms with E-state index in [0.29, 0.717) is 24.7 Å². The van der Waals surface area contributed by atoms with Crippen LogP contribution >= 0.6 is 0 Å². The zero-order valence-corrected chi connectivity index (χ0v) is 11.7. The van der Waals surface area contributed by atoms with E-state index in [1.807, 2.05) is 0 Å². The molecule has 3 nitrogen and oxygen atoms in total. The average Bonchev–Trinajstić information content (AvgIpc) is 3.04. The highest BCUT2D eigenvalue weighted by molar-refractivity contribution is 5.81. The molecule has 3 aliphatic rings. The largest absolute Gasteiger partial charge is 0.323 e. The van der Waals surface area contributed by atoms with Crippen molar-refractivity contribution in [2.75, 3.05) is 6.54 Å². The third-order valence-electron chi connectivity index (χ3n) is 5.53. The molecule has 1 saturated heterocycles. The summed E-state index contributed by atoms with van der Waals surface area (Å²) in [6.45, 7) is 5.04. The molecule has 3 fully saturated rings. The molecular formula is C15H26N2O. The van der Waals surface area contributed by atoms with Crippen molar-refractivity contribution in [3.63, 3.8) is 0 Å². The Morgan fingerprint density at radius 3 is 2.83 bits per heavy atom. The lowest BCUT2D eigenvalue weighted by molar-refractivity contribution is -0.131. The van der Waals surface area contributed by atoms with Gasteiger partial charge in [0.15, 0.2) is 0 Å². The molecule has 2 bridgehead atoms. The van der Waals surface area contributed by atoms with Gasteiger partial charge in [-0.2, -0.15) is 0 Å². The summed E-state index contributed by atoms with van der Waals surface area (Å²) >= 11 is 0. The average molecular weight is 250 g/mol. The molecule has 18 heavy (non-hydrogen) atoms. The Bertz CT molecular complexity index is 330. The van der Waals surface area contributed by atoms with Crippen molar-refractivity contribution in [2.24, 2.45) is 17.8 Å². The predicted molar refractivity (Wildman–Crippen MR) is 71.9 cm³/mol. The van der Waals surface area contributed by atoms with Crippen LogP contribution in [0.3, 0.4) is 0 Å². The Labute approximate surface area is 110 Å². The summed E-state index contributed by atoms with van der Waals surface area (Å²) < 4.78 is 0. The fourth-order valence-electron chi connectivity index (χ4n) is 4.69. The molecule has 1 N–H and O–H groups in total. The Kier molecular flexibility index (Phi) is 3.35. The molecule has 1 aliphatic heterocycles. The highest BCUT2D eigenvalue weighted by Crippen LogP contribution is 2.50. The van der Waals surface area contributed by atoms with Crippen LogP contribution in [0.15, 0.2) is 0 Å². The summed E-state index contributed by atoms with van der Waals surface area (Å²) in [5.74, 6) is 2.97. The van der Waals surface area contributed by atoms with E-state index in [0.717, 1.165) is 30.6 Å². The third kappa shape index (κ3) is 1.97. The molecule has 3 rings (SSSR count). The van der Waals surface area contributed by atoms with E-state index in [-0.39, 0.29) is 0 Å². The first-order chi connectivity index (χ1) is 8.70. The number of carbonyl (C=O) groups is 1. The van der Waals surface area contributed by atoms with Gasteiger partial charge in [-0.3, -0.25) is 10.1 Å². The van der Waals surface area contributed by atoms with Crippen LogP contribution in [0.1, 0.15) is 52.4 Å². The molecule has 5 unspecified atom stereocenters. The molecule has 0 aromatic rings. The fraction of sp³-hybridized carbons (Fsp3) is 0.933. The molecule has 1 amide bonds. The Balaban J connectivity index is 1.70. The van der Waals surface area contributed by atoms with Gasteiger partial charge in [0.2, 0.25) is 5.91 Å². The van der Waals surface area contributed by atoms with E-state index >= 15 is 0 Å². The van der Waals surface area contributed by atoms with Gasteiger partial charge in [0.1, 0.15) is 0 Å². The van der Waals surface area contributed by atoms with Crippen LogP contribution in [0.4, 0.5) is 0 Å². The first-order valence-corrected chi connectivity index (χ1v) is 7.75. The van der Waals surface area contributed by atoms with Crippen LogP contribution in [0, 0.1) is 17.8 Å². The van der Waals surface area contributed by atoms with Gasteiger partial charge in [0, 0.05) is 6.04 Å². The second kappa shape index (κ2) is 4.84. The van der Waals surface area contributed by atoms with Gasteiger partial charge in [0.05, 0.1) is 12.7 Å². The van der Waals surface area contributed by atoms with Crippen molar-refractivity contribution in [1.29, 1.82) is 0 Å². The molecule has 102 valence electrons. The van der Waals surface area contributed by atoms with E-state index in [1.165, 1.54) is 25.7 Å². The molecule has 0 radical (unpaired) electrons. The molecule has 0 aromatic carbocycles. The van der Waals surface area contributed by atoms with Crippen LogP contribution in [0.25, 0.3) is 0 Å². The summed E-state index contributed by atoms with van der Waals surface area (Å²) in [4.78, 5) is 14.3. The molecule has 3 heteroatoms. The van der Waals surface area contributed by atoms with Crippen molar-refractivity contribution < 1.29 is 4.79 Å². The second-order valence-electron chi connectivity index (χ2n) is 6.57. The highest BCUT2D eigenvalue weighted by atomic mass is 16.2. The Hall–Kier alpha value is -0.570. The van der Waals surface area contributed by atoms with Gasteiger partial charge >= 0.3 is 0 Å². The number of carbonyl (C=O) groups excluding carboxylic acids is 1. The van der Waals surface area contributed by atoms with Crippen LogP contribution in [0.2, 0.25) is 0 Å². The molecule has 5 atom stereocenters. The predicted octanol–water partition coefficient (Wildman–Crippen LogP) is 2.37. The molecule has 0 spiro atoms. The molecule has 2 saturated carbocycles. The first-order valence-electron chi connectivity index (χ1n) is 7.75. The summed E-state index contributed by atoms with van der Waals surface area (Å²) in [6.07, 6.45) is 8.20. The first kappa shape index (κ1) is 12.5. The minimum absolute atomic E-state index is 0.302. The maximum Gasteiger partial charge on any atom is 0.238 e. The van der Waals surface area contributed by atoms with E-state index < -0.39 is 0 Å². The van der Waals surface area contributed by atoms with E-state index in [9.17, 15) is 4.79 Å². The van der Waals surface area contributed by atoms with Gasteiger partial charge in [-0.25, -0.2) is 0 Å². The minimum atomic E-state index is 0.302. The zero-order valence-electron chi connectivity index (χ0n) is 11.7.